The van der Waals surface area contributed by atoms with Crippen LogP contribution in [0.25, 0.3) is 0 Å². The van der Waals surface area contributed by atoms with Gasteiger partial charge < -0.3 is 9.11 Å². The molecule has 2 aromatic rings. The SMILES string of the molecule is CCCCCCCCCCCc1ccc(S(=O)(=O)[O-])cc1.CCCCCCCCCCCc1ccc(S(=O)(=O)[O-])cc1.[Zn+2]. The van der Waals surface area contributed by atoms with Gasteiger partial charge in [0.15, 0.2) is 0 Å². The van der Waals surface area contributed by atoms with Crippen molar-refractivity contribution in [2.45, 2.75) is 152 Å². The Hall–Kier alpha value is -1.12. The van der Waals surface area contributed by atoms with Crippen LogP contribution in [0.4, 0.5) is 0 Å². The fraction of sp³-hybridized carbons (Fsp3) is 0.647. The number of benzene rings is 2. The Balaban J connectivity index is 0.000000802. The summed E-state index contributed by atoms with van der Waals surface area (Å²) in [4.78, 5) is -0.281. The van der Waals surface area contributed by atoms with Crippen molar-refractivity contribution in [3.63, 3.8) is 0 Å². The first kappa shape index (κ1) is 41.9. The zero-order valence-electron chi connectivity index (χ0n) is 26.7. The number of aryl methyl sites for hydroxylation is 2. The molecule has 2 rings (SSSR count). The summed E-state index contributed by atoms with van der Waals surface area (Å²) in [5, 5.41) is 0. The molecule has 9 heteroatoms. The monoisotopic (exact) mass is 686 g/mol. The average Bonchev–Trinajstić information content (AvgIpc) is 2.95. The van der Waals surface area contributed by atoms with Gasteiger partial charge in [0.05, 0.1) is 9.79 Å². The molecule has 0 atom stereocenters. The molecule has 0 unspecified atom stereocenters. The Kier molecular flexibility index (Phi) is 24.5. The zero-order valence-corrected chi connectivity index (χ0v) is 31.3. The van der Waals surface area contributed by atoms with E-state index in [-0.39, 0.29) is 29.3 Å². The molecule has 0 bridgehead atoms. The van der Waals surface area contributed by atoms with Gasteiger partial charge in [0, 0.05) is 0 Å². The predicted octanol–water partition coefficient (Wildman–Crippen LogP) is 9.33. The maximum absolute atomic E-state index is 10.8. The Morgan fingerprint density at radius 3 is 0.884 bits per heavy atom. The second-order valence-electron chi connectivity index (χ2n) is 11.4. The molecule has 0 heterocycles. The van der Waals surface area contributed by atoms with Gasteiger partial charge in [0.1, 0.15) is 20.2 Å². The topological polar surface area (TPSA) is 114 Å². The predicted molar refractivity (Wildman–Crippen MR) is 171 cm³/mol. The minimum atomic E-state index is -4.31. The molecule has 6 nitrogen and oxygen atoms in total. The molecule has 0 radical (unpaired) electrons. The molecule has 0 amide bonds. The molecule has 0 aromatic heterocycles. The summed E-state index contributed by atoms with van der Waals surface area (Å²) >= 11 is 0. The molecule has 0 aliphatic heterocycles. The molecular weight excluding hydrogens is 634 g/mol. The van der Waals surface area contributed by atoms with Crippen LogP contribution in [0.3, 0.4) is 0 Å². The minimum absolute atomic E-state index is 0. The Labute approximate surface area is 276 Å². The van der Waals surface area contributed by atoms with E-state index in [0.29, 0.717) is 0 Å². The summed E-state index contributed by atoms with van der Waals surface area (Å²) in [5.74, 6) is 0. The van der Waals surface area contributed by atoms with Crippen LogP contribution in [0.2, 0.25) is 0 Å². The molecule has 0 aliphatic rings. The van der Waals surface area contributed by atoms with E-state index in [0.717, 1.165) is 36.8 Å². The van der Waals surface area contributed by atoms with Crippen molar-refractivity contribution in [3.05, 3.63) is 59.7 Å². The summed E-state index contributed by atoms with van der Waals surface area (Å²) in [6.45, 7) is 4.47. The number of hydrogen-bond donors (Lipinski definition) is 0. The summed E-state index contributed by atoms with van der Waals surface area (Å²) in [7, 11) is -8.62. The fourth-order valence-corrected chi connectivity index (χ4v) is 5.86. The minimum Gasteiger partial charge on any atom is -0.744 e. The first-order valence-electron chi connectivity index (χ1n) is 16.2. The van der Waals surface area contributed by atoms with Crippen molar-refractivity contribution in [1.29, 1.82) is 0 Å². The van der Waals surface area contributed by atoms with Crippen molar-refractivity contribution in [1.82, 2.24) is 0 Å². The van der Waals surface area contributed by atoms with Crippen LogP contribution >= 0.6 is 0 Å². The van der Waals surface area contributed by atoms with Crippen LogP contribution in [-0.2, 0) is 52.6 Å². The van der Waals surface area contributed by atoms with Crippen LogP contribution in [-0.4, -0.2) is 25.9 Å². The molecule has 0 saturated heterocycles. The van der Waals surface area contributed by atoms with Crippen molar-refractivity contribution in [2.75, 3.05) is 0 Å². The van der Waals surface area contributed by atoms with E-state index in [1.807, 2.05) is 0 Å². The van der Waals surface area contributed by atoms with E-state index in [1.54, 1.807) is 24.3 Å². The molecule has 43 heavy (non-hydrogen) atoms. The van der Waals surface area contributed by atoms with Crippen molar-refractivity contribution in [2.24, 2.45) is 0 Å². The van der Waals surface area contributed by atoms with Crippen molar-refractivity contribution < 1.29 is 45.4 Å². The third kappa shape index (κ3) is 22.1. The summed E-state index contributed by atoms with van der Waals surface area (Å²) in [5.41, 5.74) is 2.20. The third-order valence-electron chi connectivity index (χ3n) is 7.56. The van der Waals surface area contributed by atoms with Gasteiger partial charge in [0.25, 0.3) is 0 Å². The van der Waals surface area contributed by atoms with Crippen molar-refractivity contribution >= 4 is 20.2 Å². The second-order valence-corrected chi connectivity index (χ2v) is 14.1. The first-order valence-corrected chi connectivity index (χ1v) is 19.0. The van der Waals surface area contributed by atoms with Gasteiger partial charge in [-0.05, 0) is 61.1 Å². The van der Waals surface area contributed by atoms with Crippen LogP contribution in [0.5, 0.6) is 0 Å². The number of unbranched alkanes of at least 4 members (excludes halogenated alkanes) is 16. The molecule has 0 saturated carbocycles. The van der Waals surface area contributed by atoms with Crippen LogP contribution in [0.1, 0.15) is 141 Å². The van der Waals surface area contributed by atoms with Gasteiger partial charge in [-0.2, -0.15) is 0 Å². The van der Waals surface area contributed by atoms with E-state index in [1.165, 1.54) is 127 Å². The maximum Gasteiger partial charge on any atom is 2.00 e. The molecule has 240 valence electrons. The van der Waals surface area contributed by atoms with E-state index in [4.69, 9.17) is 0 Å². The first-order chi connectivity index (χ1) is 20.1. The Morgan fingerprint density at radius 2 is 0.651 bits per heavy atom. The Morgan fingerprint density at radius 1 is 0.419 bits per heavy atom. The third-order valence-corrected chi connectivity index (χ3v) is 9.26. The van der Waals surface area contributed by atoms with Gasteiger partial charge in [-0.1, -0.05) is 141 Å². The van der Waals surface area contributed by atoms with Gasteiger partial charge in [0.2, 0.25) is 0 Å². The molecule has 0 spiro atoms. The molecule has 0 aliphatic carbocycles. The van der Waals surface area contributed by atoms with E-state index in [9.17, 15) is 25.9 Å². The van der Waals surface area contributed by atoms with Gasteiger partial charge in [-0.3, -0.25) is 0 Å². The normalized spacial score (nSPS) is 11.4. The second kappa shape index (κ2) is 25.1. The van der Waals surface area contributed by atoms with Crippen LogP contribution in [0.15, 0.2) is 58.3 Å². The molecule has 0 fully saturated rings. The fourth-order valence-electron chi connectivity index (χ4n) is 4.93. The van der Waals surface area contributed by atoms with Gasteiger partial charge in [-0.25, -0.2) is 16.8 Å². The zero-order chi connectivity index (χ0) is 31.1. The molecular formula is C34H54O6S2Zn. The van der Waals surface area contributed by atoms with Gasteiger partial charge >= 0.3 is 19.5 Å². The van der Waals surface area contributed by atoms with E-state index in [2.05, 4.69) is 13.8 Å². The average molecular weight is 688 g/mol. The van der Waals surface area contributed by atoms with E-state index >= 15 is 0 Å². The summed E-state index contributed by atoms with van der Waals surface area (Å²) in [6, 6.07) is 12.6. The van der Waals surface area contributed by atoms with E-state index < -0.39 is 20.2 Å². The quantitative estimate of drug-likeness (QED) is 0.0692. The van der Waals surface area contributed by atoms with Crippen LogP contribution < -0.4 is 0 Å². The summed E-state index contributed by atoms with van der Waals surface area (Å²) < 4.78 is 64.9. The number of hydrogen-bond acceptors (Lipinski definition) is 6. The van der Waals surface area contributed by atoms with Gasteiger partial charge in [-0.15, -0.1) is 0 Å². The standard InChI is InChI=1S/2C17H28O3S.Zn/c2*1-2-3-4-5-6-7-8-9-10-11-16-12-14-17(15-13-16)21(18,19)20;/h2*12-15H,2-11H2,1H3,(H,18,19,20);/q;;+2/p-2. The Bertz CT molecular complexity index is 1050. The number of rotatable bonds is 22. The maximum atomic E-state index is 10.8. The van der Waals surface area contributed by atoms with Crippen LogP contribution in [0, 0.1) is 0 Å². The molecule has 2 aromatic carbocycles. The van der Waals surface area contributed by atoms with Crippen molar-refractivity contribution in [3.8, 4) is 0 Å². The largest absolute Gasteiger partial charge is 2.00 e. The molecule has 0 N–H and O–H groups in total. The smallest absolute Gasteiger partial charge is 0.744 e. The summed E-state index contributed by atoms with van der Waals surface area (Å²) in [6.07, 6.45) is 25.2.